The Kier molecular flexibility index (Phi) is 6.83. The van der Waals surface area contributed by atoms with Crippen LogP contribution in [-0.2, 0) is 14.8 Å². The van der Waals surface area contributed by atoms with Crippen molar-refractivity contribution in [3.63, 3.8) is 0 Å². The SMILES string of the molecule is O=C(Nc1ccccc1N1CCOCC1)c1cc(S(=O)(=O)Nc2ccc(F)cc2)ccc1Cl. The summed E-state index contributed by atoms with van der Waals surface area (Å²) in [7, 11) is -4.03. The number of hydrogen-bond acceptors (Lipinski definition) is 5. The highest BCUT2D eigenvalue weighted by molar-refractivity contribution is 7.92. The van der Waals surface area contributed by atoms with E-state index in [-0.39, 0.29) is 21.2 Å². The summed E-state index contributed by atoms with van der Waals surface area (Å²) in [6.07, 6.45) is 0. The summed E-state index contributed by atoms with van der Waals surface area (Å²) >= 11 is 6.23. The van der Waals surface area contributed by atoms with Gasteiger partial charge >= 0.3 is 0 Å². The van der Waals surface area contributed by atoms with Gasteiger partial charge in [-0.15, -0.1) is 0 Å². The molecule has 172 valence electrons. The minimum Gasteiger partial charge on any atom is -0.378 e. The van der Waals surface area contributed by atoms with Crippen molar-refractivity contribution in [1.29, 1.82) is 0 Å². The van der Waals surface area contributed by atoms with Crippen LogP contribution < -0.4 is 14.9 Å². The Bertz CT molecular complexity index is 1260. The van der Waals surface area contributed by atoms with Crippen molar-refractivity contribution in [2.24, 2.45) is 0 Å². The average Bonchev–Trinajstić information content (AvgIpc) is 2.81. The van der Waals surface area contributed by atoms with Gasteiger partial charge in [-0.1, -0.05) is 23.7 Å². The number of sulfonamides is 1. The Balaban J connectivity index is 1.58. The number of morpholine rings is 1. The summed E-state index contributed by atoms with van der Waals surface area (Å²) in [6.45, 7) is 2.57. The molecule has 1 amide bonds. The van der Waals surface area contributed by atoms with Crippen LogP contribution in [0.25, 0.3) is 0 Å². The van der Waals surface area contributed by atoms with Crippen LogP contribution in [0.4, 0.5) is 21.5 Å². The Morgan fingerprint density at radius 3 is 2.42 bits per heavy atom. The van der Waals surface area contributed by atoms with E-state index in [2.05, 4.69) is 14.9 Å². The molecule has 1 fully saturated rings. The third kappa shape index (κ3) is 5.44. The Morgan fingerprint density at radius 1 is 1.00 bits per heavy atom. The number of nitrogens with zero attached hydrogens (tertiary/aromatic N) is 1. The second-order valence-corrected chi connectivity index (χ2v) is 9.41. The van der Waals surface area contributed by atoms with Crippen LogP contribution >= 0.6 is 11.6 Å². The van der Waals surface area contributed by atoms with E-state index in [9.17, 15) is 17.6 Å². The molecule has 0 unspecified atom stereocenters. The van der Waals surface area contributed by atoms with Gasteiger partial charge in [0.05, 0.1) is 40.1 Å². The van der Waals surface area contributed by atoms with Gasteiger partial charge in [0.25, 0.3) is 15.9 Å². The van der Waals surface area contributed by atoms with Gasteiger partial charge in [-0.3, -0.25) is 9.52 Å². The van der Waals surface area contributed by atoms with Crippen LogP contribution in [0.15, 0.2) is 71.6 Å². The molecule has 1 saturated heterocycles. The zero-order chi connectivity index (χ0) is 23.4. The van der Waals surface area contributed by atoms with E-state index in [0.717, 1.165) is 17.8 Å². The number of ether oxygens (including phenoxy) is 1. The quantitative estimate of drug-likeness (QED) is 0.537. The normalized spacial score (nSPS) is 14.1. The number of benzene rings is 3. The minimum atomic E-state index is -4.03. The molecule has 1 heterocycles. The van der Waals surface area contributed by atoms with E-state index in [1.54, 1.807) is 12.1 Å². The molecule has 4 rings (SSSR count). The van der Waals surface area contributed by atoms with Crippen molar-refractivity contribution in [3.8, 4) is 0 Å². The zero-order valence-electron chi connectivity index (χ0n) is 17.4. The standard InChI is InChI=1S/C23H21ClFN3O4S/c24-20-10-9-18(33(30,31)27-17-7-5-16(25)6-8-17)15-19(20)23(29)26-21-3-1-2-4-22(21)28-11-13-32-14-12-28/h1-10,15,27H,11-14H2,(H,26,29). The summed E-state index contributed by atoms with van der Waals surface area (Å²) < 4.78 is 46.5. The Labute approximate surface area is 196 Å². The van der Waals surface area contributed by atoms with E-state index < -0.39 is 21.7 Å². The number of amides is 1. The fraction of sp³-hybridized carbons (Fsp3) is 0.174. The van der Waals surface area contributed by atoms with Crippen LogP contribution in [0.2, 0.25) is 5.02 Å². The molecule has 0 spiro atoms. The molecule has 33 heavy (non-hydrogen) atoms. The number of carbonyl (C=O) groups is 1. The number of hydrogen-bond donors (Lipinski definition) is 2. The molecule has 2 N–H and O–H groups in total. The maximum atomic E-state index is 13.1. The lowest BCUT2D eigenvalue weighted by atomic mass is 10.2. The molecule has 0 saturated carbocycles. The van der Waals surface area contributed by atoms with Crippen molar-refractivity contribution in [2.45, 2.75) is 4.90 Å². The molecule has 3 aromatic carbocycles. The predicted octanol–water partition coefficient (Wildman–Crippen LogP) is 4.37. The highest BCUT2D eigenvalue weighted by atomic mass is 35.5. The van der Waals surface area contributed by atoms with E-state index >= 15 is 0 Å². The van der Waals surface area contributed by atoms with Gasteiger partial charge in [0.15, 0.2) is 0 Å². The van der Waals surface area contributed by atoms with Crippen molar-refractivity contribution in [1.82, 2.24) is 0 Å². The van der Waals surface area contributed by atoms with Crippen LogP contribution in [0.3, 0.4) is 0 Å². The Hall–Kier alpha value is -3.14. The lowest BCUT2D eigenvalue weighted by Crippen LogP contribution is -2.36. The molecule has 0 bridgehead atoms. The van der Waals surface area contributed by atoms with E-state index in [1.165, 1.54) is 30.3 Å². The average molecular weight is 490 g/mol. The third-order valence-corrected chi connectivity index (χ3v) is 6.80. The fourth-order valence-electron chi connectivity index (χ4n) is 3.43. The maximum Gasteiger partial charge on any atom is 0.261 e. The summed E-state index contributed by atoms with van der Waals surface area (Å²) in [5.74, 6) is -1.03. The smallest absolute Gasteiger partial charge is 0.261 e. The molecule has 10 heteroatoms. The lowest BCUT2D eigenvalue weighted by Gasteiger charge is -2.30. The summed E-state index contributed by atoms with van der Waals surface area (Å²) in [5, 5.41) is 2.95. The number of nitrogens with one attached hydrogen (secondary N) is 2. The fourth-order valence-corrected chi connectivity index (χ4v) is 4.71. The zero-order valence-corrected chi connectivity index (χ0v) is 19.0. The summed E-state index contributed by atoms with van der Waals surface area (Å²) in [5.41, 5.74) is 1.62. The first-order chi connectivity index (χ1) is 15.8. The number of para-hydroxylation sites is 2. The van der Waals surface area contributed by atoms with Crippen LogP contribution in [0.5, 0.6) is 0 Å². The molecule has 1 aliphatic rings. The van der Waals surface area contributed by atoms with Crippen LogP contribution in [-0.4, -0.2) is 40.6 Å². The second kappa shape index (κ2) is 9.78. The molecule has 7 nitrogen and oxygen atoms in total. The number of carbonyl (C=O) groups excluding carboxylic acids is 1. The topological polar surface area (TPSA) is 87.7 Å². The van der Waals surface area contributed by atoms with Gasteiger partial charge in [-0.25, -0.2) is 12.8 Å². The van der Waals surface area contributed by atoms with E-state index in [4.69, 9.17) is 16.3 Å². The van der Waals surface area contributed by atoms with Crippen LogP contribution in [0, 0.1) is 5.82 Å². The molecule has 0 radical (unpaired) electrons. The maximum absolute atomic E-state index is 13.1. The first-order valence-corrected chi connectivity index (χ1v) is 12.0. The first-order valence-electron chi connectivity index (χ1n) is 10.1. The van der Waals surface area contributed by atoms with Gasteiger partial charge in [0.2, 0.25) is 0 Å². The molecular formula is C23H21ClFN3O4S. The van der Waals surface area contributed by atoms with E-state index in [0.29, 0.717) is 32.0 Å². The van der Waals surface area contributed by atoms with E-state index in [1.807, 2.05) is 12.1 Å². The molecule has 3 aromatic rings. The first kappa shape index (κ1) is 23.0. The van der Waals surface area contributed by atoms with Gasteiger partial charge < -0.3 is 15.0 Å². The summed E-state index contributed by atoms with van der Waals surface area (Å²) in [4.78, 5) is 15.0. The lowest BCUT2D eigenvalue weighted by molar-refractivity contribution is 0.102. The van der Waals surface area contributed by atoms with Crippen molar-refractivity contribution in [3.05, 3.63) is 83.1 Å². The van der Waals surface area contributed by atoms with Gasteiger partial charge in [-0.2, -0.15) is 0 Å². The molecule has 1 aliphatic heterocycles. The van der Waals surface area contributed by atoms with Crippen LogP contribution in [0.1, 0.15) is 10.4 Å². The largest absolute Gasteiger partial charge is 0.378 e. The number of rotatable bonds is 6. The van der Waals surface area contributed by atoms with Gasteiger partial charge in [0, 0.05) is 18.8 Å². The van der Waals surface area contributed by atoms with Crippen molar-refractivity contribution < 1.29 is 22.3 Å². The predicted molar refractivity (Wildman–Crippen MR) is 126 cm³/mol. The molecule has 0 aromatic heterocycles. The highest BCUT2D eigenvalue weighted by Crippen LogP contribution is 2.29. The monoisotopic (exact) mass is 489 g/mol. The van der Waals surface area contributed by atoms with Crippen molar-refractivity contribution >= 4 is 44.6 Å². The molecular weight excluding hydrogens is 469 g/mol. The highest BCUT2D eigenvalue weighted by Gasteiger charge is 2.21. The van der Waals surface area contributed by atoms with Gasteiger partial charge in [-0.05, 0) is 54.6 Å². The number of halogens is 2. The minimum absolute atomic E-state index is 0.00966. The van der Waals surface area contributed by atoms with Gasteiger partial charge in [0.1, 0.15) is 5.82 Å². The Morgan fingerprint density at radius 2 is 1.70 bits per heavy atom. The number of anilines is 3. The van der Waals surface area contributed by atoms with Crippen molar-refractivity contribution in [2.75, 3.05) is 41.2 Å². The second-order valence-electron chi connectivity index (χ2n) is 7.32. The third-order valence-electron chi connectivity index (χ3n) is 5.09. The molecule has 0 aliphatic carbocycles. The summed E-state index contributed by atoms with van der Waals surface area (Å²) in [6, 6.07) is 16.1. The molecule has 0 atom stereocenters.